The number of Topliss-reactive ketones (excluding diaryl/α,β-unsaturated/α-hetero) is 5. The minimum Gasteiger partial charge on any atom is -0.750 e. The fourth-order valence-electron chi connectivity index (χ4n) is 9.13. The van der Waals surface area contributed by atoms with Crippen molar-refractivity contribution in [3.63, 3.8) is 0 Å². The van der Waals surface area contributed by atoms with Crippen molar-refractivity contribution in [2.75, 3.05) is 41.7 Å². The summed E-state index contributed by atoms with van der Waals surface area (Å²) in [6, 6.07) is 20.4. The number of thiophene rings is 3. The Morgan fingerprint density at radius 3 is 1.38 bits per heavy atom. The lowest BCUT2D eigenvalue weighted by Gasteiger charge is -2.36. The first kappa shape index (κ1) is 70.2. The average molecular weight is 1210 g/mol. The molecule has 2 aromatic carbocycles. The number of aryl methyl sites for hydroxylation is 4. The van der Waals surface area contributed by atoms with Gasteiger partial charge < -0.3 is 29.7 Å². The van der Waals surface area contributed by atoms with Gasteiger partial charge in [-0.05, 0) is 169 Å². The van der Waals surface area contributed by atoms with Gasteiger partial charge in [-0.1, -0.05) is 18.2 Å². The van der Waals surface area contributed by atoms with E-state index in [9.17, 15) is 29.2 Å². The third-order valence-electron chi connectivity index (χ3n) is 12.4. The molecule has 82 heavy (non-hydrogen) atoms. The lowest BCUT2D eigenvalue weighted by atomic mass is 9.91. The lowest BCUT2D eigenvalue weighted by molar-refractivity contribution is -0.635. The summed E-state index contributed by atoms with van der Waals surface area (Å²) in [5.41, 5.74) is 18.4. The van der Waals surface area contributed by atoms with Gasteiger partial charge in [0.1, 0.15) is 41.2 Å². The van der Waals surface area contributed by atoms with E-state index >= 15 is 0 Å². The minimum absolute atomic E-state index is 0. The Hall–Kier alpha value is -7.86. The molecule has 0 bridgehead atoms. The monoisotopic (exact) mass is 1210 g/mol. The fraction of sp³-hybridized carbons (Fsp3) is 0.393. The van der Waals surface area contributed by atoms with Gasteiger partial charge in [-0.25, -0.2) is 4.21 Å². The van der Waals surface area contributed by atoms with E-state index in [-0.39, 0.29) is 65.8 Å². The van der Waals surface area contributed by atoms with Crippen LogP contribution in [0.1, 0.15) is 158 Å². The summed E-state index contributed by atoms with van der Waals surface area (Å²) < 4.78 is 20.1. The highest BCUT2D eigenvalue weighted by Gasteiger charge is 2.27. The molecule has 2 N–H and O–H groups in total. The van der Waals surface area contributed by atoms with Gasteiger partial charge in [-0.3, -0.25) is 24.0 Å². The Balaban J connectivity index is 0.000000354. The molecule has 0 saturated carbocycles. The molecule has 4 aliphatic heterocycles. The summed E-state index contributed by atoms with van der Waals surface area (Å²) in [5.74, 6) is -0.316. The van der Waals surface area contributed by atoms with Crippen molar-refractivity contribution in [2.24, 2.45) is 10.2 Å². The van der Waals surface area contributed by atoms with E-state index in [1.54, 1.807) is 49.7 Å². The number of carbonyl (C=O) groups is 5. The first-order valence-electron chi connectivity index (χ1n) is 25.1. The highest BCUT2D eigenvalue weighted by molar-refractivity contribution is 7.73. The zero-order valence-corrected chi connectivity index (χ0v) is 50.9. The van der Waals surface area contributed by atoms with Crippen LogP contribution in [0.3, 0.4) is 0 Å². The normalized spacial score (nSPS) is 12.8. The molecule has 26 heteroatoms. The van der Waals surface area contributed by atoms with Crippen molar-refractivity contribution in [3.05, 3.63) is 106 Å². The number of azo groups is 1. The zero-order chi connectivity index (χ0) is 60.5. The molecule has 0 aliphatic carbocycles. The maximum atomic E-state index is 11.7. The Labute approximate surface area is 498 Å². The van der Waals surface area contributed by atoms with E-state index in [4.69, 9.17) is 46.2 Å². The van der Waals surface area contributed by atoms with Gasteiger partial charge in [0.25, 0.3) is 0 Å². The number of hydrogen-bond donors (Lipinski definition) is 1. The molecule has 0 amide bonds. The van der Waals surface area contributed by atoms with Gasteiger partial charge in [0.2, 0.25) is 5.39 Å². The van der Waals surface area contributed by atoms with Gasteiger partial charge in [0.05, 0.1) is 61.4 Å². The van der Waals surface area contributed by atoms with Crippen molar-refractivity contribution in [1.29, 1.82) is 31.7 Å². The van der Waals surface area contributed by atoms with E-state index in [1.807, 2.05) is 12.1 Å². The van der Waals surface area contributed by atoms with E-state index in [1.165, 1.54) is 126 Å². The van der Waals surface area contributed by atoms with E-state index in [0.29, 0.717) is 52.5 Å². The fourth-order valence-corrected chi connectivity index (χ4v) is 12.0. The Kier molecular flexibility index (Phi) is 30.1. The van der Waals surface area contributed by atoms with Crippen LogP contribution in [0.15, 0.2) is 40.6 Å². The highest BCUT2D eigenvalue weighted by Crippen LogP contribution is 2.41. The largest absolute Gasteiger partial charge is 0.750 e. The van der Waals surface area contributed by atoms with Gasteiger partial charge >= 0.3 is 5.00 Å². The number of ketones is 5. The lowest BCUT2D eigenvalue weighted by Crippen LogP contribution is -2.34. The first-order chi connectivity index (χ1) is 38.5. The maximum Gasteiger partial charge on any atom is 0.459 e. The molecule has 430 valence electrons. The van der Waals surface area contributed by atoms with Crippen LogP contribution >= 0.6 is 47.5 Å². The SMILES string of the molecule is CC(=O)CC(C)=O.CC(=O)c1sc(N)c(C#N)c1C.CC(=O)c1sc(N=Nc2cc3c4c(c2)CCCN4CCC3)c(C#N)c1C.CC(=O)c1sc([N+]#N)c(C#N)c1C.N#CCC#N.O=S([O-])O[O-].S.c1cc2c3c(c1)CCCN3CCC2. The molecule has 9 rings (SSSR count). The number of hydrogen-bond acceptors (Lipinski definition) is 23. The van der Waals surface area contributed by atoms with E-state index < -0.39 is 11.4 Å². The molecule has 7 heterocycles. The standard InChI is InChI=1S/C20H20N4OS.C12H15N.C8H6N3OS.C8H8N2OS.C5H8O2.C3H2N2.H2O4S.H2S/c1-12-17(11-21)20(26-19(12)13(2)25)23-22-16-9-14-5-3-7-24-8-4-6-15(10-16)18(14)24;1-4-10-6-2-8-13-9-3-7-11(5-1)12(10)13;1-4-6(3-9)8(11-10)13-7(4)5(2)12;1-4-6(3-9)8(10)12-7(4)5(2)11;1-4(6)3-5(2)7;4-2-1-3-5;1-4-5(2)3;/h9-10H,3-8H2,1-2H3;1,4-5H,2-3,6-9H2;1-2H3;10H2,1-2H3;3H2,1-2H3;1H2;1H,(H,2,3);1H2/q;;+1;;;;;/p-2. The quantitative estimate of drug-likeness (QED) is 0.0287. The number of nitrogens with two attached hydrogens (primary N) is 1. The molecule has 4 aliphatic rings. The molecule has 0 fully saturated rings. The summed E-state index contributed by atoms with van der Waals surface area (Å²) >= 11 is 0.579. The van der Waals surface area contributed by atoms with Crippen LogP contribution in [0.4, 0.5) is 32.1 Å². The van der Waals surface area contributed by atoms with Gasteiger partial charge in [0.15, 0.2) is 32.9 Å². The molecule has 0 saturated heterocycles. The Bertz CT molecular complexity index is 3390. The summed E-state index contributed by atoms with van der Waals surface area (Å²) in [5, 5.41) is 68.9. The van der Waals surface area contributed by atoms with Crippen molar-refractivity contribution in [2.45, 2.75) is 120 Å². The van der Waals surface area contributed by atoms with Crippen LogP contribution in [-0.2, 0) is 51.0 Å². The number of para-hydroxylation sites is 1. The molecular weight excluding hydrogens is 1150 g/mol. The number of nitrogen functional groups attached to an aromatic ring is 1. The minimum atomic E-state index is -2.88. The molecular formula is C56H61N12O9S5-. The number of nitrogens with zero attached hydrogens (tertiary/aromatic N) is 11. The summed E-state index contributed by atoms with van der Waals surface area (Å²) in [7, 11) is 0. The molecule has 0 spiro atoms. The smallest absolute Gasteiger partial charge is 0.459 e. The van der Waals surface area contributed by atoms with Crippen LogP contribution in [-0.4, -0.2) is 63.9 Å². The number of nitriles is 5. The second-order valence-electron chi connectivity index (χ2n) is 18.3. The average Bonchev–Trinajstić information content (AvgIpc) is 4.21. The first-order valence-corrected chi connectivity index (χ1v) is 28.5. The van der Waals surface area contributed by atoms with Crippen LogP contribution in [0.25, 0.3) is 4.98 Å². The second-order valence-corrected chi connectivity index (χ2v) is 21.9. The predicted octanol–water partition coefficient (Wildman–Crippen LogP) is 11.1. The third kappa shape index (κ3) is 20.0. The van der Waals surface area contributed by atoms with Crippen LogP contribution in [0.5, 0.6) is 0 Å². The Morgan fingerprint density at radius 2 is 1.05 bits per heavy atom. The van der Waals surface area contributed by atoms with E-state index in [0.717, 1.165) is 43.0 Å². The van der Waals surface area contributed by atoms with Crippen molar-refractivity contribution in [1.82, 2.24) is 0 Å². The van der Waals surface area contributed by atoms with E-state index in [2.05, 4.69) is 65.7 Å². The van der Waals surface area contributed by atoms with Crippen LogP contribution in [0.2, 0.25) is 0 Å². The number of rotatable bonds is 8. The van der Waals surface area contributed by atoms with Crippen molar-refractivity contribution in [3.8, 4) is 30.3 Å². The maximum absolute atomic E-state index is 11.7. The van der Waals surface area contributed by atoms with Crippen LogP contribution < -0.4 is 20.8 Å². The summed E-state index contributed by atoms with van der Waals surface area (Å²) in [6.45, 7) is 17.3. The summed E-state index contributed by atoms with van der Waals surface area (Å²) in [4.78, 5) is 63.5. The van der Waals surface area contributed by atoms with Crippen molar-refractivity contribution < 1.29 is 42.3 Å². The summed E-state index contributed by atoms with van der Waals surface area (Å²) in [6.07, 6.45) is 9.87. The van der Waals surface area contributed by atoms with Gasteiger partial charge in [-0.15, -0.1) is 32.9 Å². The molecule has 0 radical (unpaired) electrons. The molecule has 1 atom stereocenters. The molecule has 1 unspecified atom stereocenters. The van der Waals surface area contributed by atoms with Crippen LogP contribution in [0, 0.1) is 82.8 Å². The highest BCUT2D eigenvalue weighted by atomic mass is 32.2. The number of benzene rings is 2. The molecule has 3 aromatic heterocycles. The number of carbonyl (C=O) groups excluding carboxylic acids is 5. The van der Waals surface area contributed by atoms with Gasteiger partial charge in [-0.2, -0.15) is 39.8 Å². The molecule has 21 nitrogen and oxygen atoms in total. The van der Waals surface area contributed by atoms with Gasteiger partial charge in [0, 0.05) is 37.6 Å². The number of anilines is 3. The third-order valence-corrected chi connectivity index (χ3v) is 16.3. The van der Waals surface area contributed by atoms with Crippen molar-refractivity contribution >= 4 is 120 Å². The Morgan fingerprint density at radius 1 is 0.659 bits per heavy atom. The molecule has 5 aromatic rings. The second kappa shape index (κ2) is 35.1. The predicted molar refractivity (Wildman–Crippen MR) is 317 cm³/mol. The number of diazo groups is 1. The topological polar surface area (TPSA) is 362 Å². The zero-order valence-electron chi connectivity index (χ0n) is 46.6.